The fourth-order valence-corrected chi connectivity index (χ4v) is 3.74. The Morgan fingerprint density at radius 3 is 2.77 bits per heavy atom. The number of fused-ring (bicyclic) bond motifs is 1. The fraction of sp³-hybridized carbons (Fsp3) is 0.381. The van der Waals surface area contributed by atoms with E-state index in [-0.39, 0.29) is 24.1 Å². The van der Waals surface area contributed by atoms with Crippen LogP contribution in [0.4, 0.5) is 10.2 Å². The number of likely N-dealkylation sites (N-methyl/N-ethyl adjacent to an activating group) is 1. The lowest BCUT2D eigenvalue weighted by molar-refractivity contribution is -0.120. The van der Waals surface area contributed by atoms with Gasteiger partial charge in [0.25, 0.3) is 11.8 Å². The van der Waals surface area contributed by atoms with Crippen molar-refractivity contribution in [1.29, 1.82) is 0 Å². The first kappa shape index (κ1) is 20.7. The minimum atomic E-state index is -0.722. The highest BCUT2D eigenvalue weighted by molar-refractivity contribution is 6.01. The van der Waals surface area contributed by atoms with E-state index in [4.69, 9.17) is 0 Å². The number of hydrogen-bond donors (Lipinski definition) is 1. The van der Waals surface area contributed by atoms with Gasteiger partial charge in [-0.1, -0.05) is 12.1 Å². The molecule has 1 N–H and O–H groups in total. The number of hydrogen-bond acceptors (Lipinski definition) is 5. The third-order valence-electron chi connectivity index (χ3n) is 5.56. The summed E-state index contributed by atoms with van der Waals surface area (Å²) in [6.07, 6.45) is 1.77. The maximum atomic E-state index is 14.1. The molecule has 2 amide bonds. The molecule has 3 heterocycles. The normalized spacial score (nSPS) is 16.2. The van der Waals surface area contributed by atoms with Crippen molar-refractivity contribution < 1.29 is 14.0 Å². The quantitative estimate of drug-likeness (QED) is 0.687. The van der Waals surface area contributed by atoms with E-state index in [2.05, 4.69) is 20.5 Å². The number of anilines is 1. The summed E-state index contributed by atoms with van der Waals surface area (Å²) in [6.45, 7) is 6.28. The highest BCUT2D eigenvalue weighted by atomic mass is 19.1. The van der Waals surface area contributed by atoms with Crippen molar-refractivity contribution in [2.24, 2.45) is 0 Å². The minimum Gasteiger partial charge on any atom is -0.337 e. The third kappa shape index (κ3) is 3.92. The van der Waals surface area contributed by atoms with Gasteiger partial charge in [-0.2, -0.15) is 5.10 Å². The number of nitrogens with zero attached hydrogens (tertiary/aromatic N) is 6. The molecule has 9 nitrogen and oxygen atoms in total. The average molecular weight is 425 g/mol. The molecule has 0 unspecified atom stereocenters. The molecule has 1 aliphatic rings. The summed E-state index contributed by atoms with van der Waals surface area (Å²) in [5.74, 6) is -0.450. The molecule has 0 bridgehead atoms. The van der Waals surface area contributed by atoms with Crippen LogP contribution in [0.3, 0.4) is 0 Å². The van der Waals surface area contributed by atoms with Gasteiger partial charge in [0.05, 0.1) is 12.2 Å². The third-order valence-corrected chi connectivity index (χ3v) is 5.56. The van der Waals surface area contributed by atoms with Gasteiger partial charge in [-0.25, -0.2) is 18.7 Å². The first-order valence-corrected chi connectivity index (χ1v) is 10.0. The molecule has 1 aliphatic heterocycles. The smallest absolute Gasteiger partial charge is 0.291 e. The topological polar surface area (TPSA) is 97.9 Å². The molecule has 10 heteroatoms. The lowest BCUT2D eigenvalue weighted by Gasteiger charge is -2.20. The standard InChI is InChI=1S/C21H24FN7O2/c1-12-5-6-15(16(22)9-12)10-28-11-23-18(26-28)19(30)24-17-7-8-29-20(27(4)21(17)31)13(2)14(3)25-29/h5-6,9,11,17H,7-8,10H2,1-4H3,(H,24,30)/t17-/m0/s1. The predicted octanol–water partition coefficient (Wildman–Crippen LogP) is 1.75. The molecule has 0 saturated heterocycles. The van der Waals surface area contributed by atoms with Gasteiger partial charge in [0, 0.05) is 24.7 Å². The van der Waals surface area contributed by atoms with Crippen molar-refractivity contribution in [3.05, 3.63) is 58.6 Å². The summed E-state index contributed by atoms with van der Waals surface area (Å²) >= 11 is 0. The zero-order chi connectivity index (χ0) is 22.3. The predicted molar refractivity (Wildman–Crippen MR) is 111 cm³/mol. The van der Waals surface area contributed by atoms with Crippen LogP contribution in [0.15, 0.2) is 24.5 Å². The van der Waals surface area contributed by atoms with E-state index < -0.39 is 11.9 Å². The second-order valence-corrected chi connectivity index (χ2v) is 7.83. The SMILES string of the molecule is Cc1ccc(Cn2cnc(C(=O)N[C@H]3CCn4nc(C)c(C)c4N(C)C3=O)n2)c(F)c1. The minimum absolute atomic E-state index is 0.0722. The molecule has 1 aromatic carbocycles. The van der Waals surface area contributed by atoms with Gasteiger partial charge in [-0.15, -0.1) is 5.10 Å². The molecule has 0 radical (unpaired) electrons. The Balaban J connectivity index is 1.46. The lowest BCUT2D eigenvalue weighted by atomic mass is 10.1. The zero-order valence-corrected chi connectivity index (χ0v) is 17.9. The largest absolute Gasteiger partial charge is 0.337 e. The zero-order valence-electron chi connectivity index (χ0n) is 17.9. The Morgan fingerprint density at radius 2 is 2.03 bits per heavy atom. The number of benzene rings is 1. The van der Waals surface area contributed by atoms with Crippen LogP contribution in [0.2, 0.25) is 0 Å². The summed E-state index contributed by atoms with van der Waals surface area (Å²) < 4.78 is 17.3. The highest BCUT2D eigenvalue weighted by Gasteiger charge is 2.32. The van der Waals surface area contributed by atoms with Crippen molar-refractivity contribution >= 4 is 17.6 Å². The number of aromatic nitrogens is 5. The van der Waals surface area contributed by atoms with Crippen LogP contribution >= 0.6 is 0 Å². The lowest BCUT2D eigenvalue weighted by Crippen LogP contribution is -2.47. The highest BCUT2D eigenvalue weighted by Crippen LogP contribution is 2.26. The molecule has 0 fully saturated rings. The van der Waals surface area contributed by atoms with Gasteiger partial charge >= 0.3 is 0 Å². The first-order chi connectivity index (χ1) is 14.7. The molecule has 162 valence electrons. The fourth-order valence-electron chi connectivity index (χ4n) is 3.74. The Hall–Kier alpha value is -3.56. The maximum Gasteiger partial charge on any atom is 0.291 e. The van der Waals surface area contributed by atoms with Gasteiger partial charge in [-0.05, 0) is 38.8 Å². The van der Waals surface area contributed by atoms with Crippen LogP contribution in [-0.4, -0.2) is 49.4 Å². The maximum absolute atomic E-state index is 14.1. The van der Waals surface area contributed by atoms with E-state index in [1.807, 2.05) is 26.8 Å². The van der Waals surface area contributed by atoms with Gasteiger partial charge in [0.1, 0.15) is 24.0 Å². The van der Waals surface area contributed by atoms with Crippen LogP contribution in [0.25, 0.3) is 0 Å². The summed E-state index contributed by atoms with van der Waals surface area (Å²) in [5.41, 5.74) is 3.08. The summed E-state index contributed by atoms with van der Waals surface area (Å²) in [6, 6.07) is 4.22. The van der Waals surface area contributed by atoms with Crippen molar-refractivity contribution in [3.63, 3.8) is 0 Å². The number of amides is 2. The first-order valence-electron chi connectivity index (χ1n) is 10.0. The number of carbonyl (C=O) groups excluding carboxylic acids is 2. The molecule has 0 aliphatic carbocycles. The second kappa shape index (κ2) is 7.93. The van der Waals surface area contributed by atoms with Crippen molar-refractivity contribution in [3.8, 4) is 0 Å². The van der Waals surface area contributed by atoms with Crippen molar-refractivity contribution in [1.82, 2.24) is 29.9 Å². The van der Waals surface area contributed by atoms with Crippen LogP contribution in [0, 0.1) is 26.6 Å². The molecule has 31 heavy (non-hydrogen) atoms. The van der Waals surface area contributed by atoms with E-state index in [9.17, 15) is 14.0 Å². The van der Waals surface area contributed by atoms with Crippen LogP contribution in [-0.2, 0) is 17.9 Å². The number of rotatable bonds is 4. The number of aryl methyl sites for hydroxylation is 3. The molecule has 0 saturated carbocycles. The van der Waals surface area contributed by atoms with Gasteiger partial charge in [0.15, 0.2) is 0 Å². The Kier molecular flexibility index (Phi) is 5.30. The van der Waals surface area contributed by atoms with E-state index in [1.54, 1.807) is 17.8 Å². The van der Waals surface area contributed by atoms with Crippen LogP contribution in [0.1, 0.15) is 39.4 Å². The Bertz CT molecular complexity index is 1170. The number of nitrogens with one attached hydrogen (secondary N) is 1. The molecule has 4 rings (SSSR count). The molecule has 2 aromatic heterocycles. The summed E-state index contributed by atoms with van der Waals surface area (Å²) in [5, 5.41) is 11.3. The van der Waals surface area contributed by atoms with Crippen LogP contribution in [0.5, 0.6) is 0 Å². The summed E-state index contributed by atoms with van der Waals surface area (Å²) in [7, 11) is 1.68. The van der Waals surface area contributed by atoms with E-state index in [0.717, 1.165) is 22.6 Å². The van der Waals surface area contributed by atoms with Gasteiger partial charge in [-0.3, -0.25) is 14.5 Å². The van der Waals surface area contributed by atoms with Crippen molar-refractivity contribution in [2.75, 3.05) is 11.9 Å². The molecule has 0 spiro atoms. The number of carbonyl (C=O) groups is 2. The molecule has 3 aromatic rings. The molecular weight excluding hydrogens is 401 g/mol. The Labute approximate surface area is 178 Å². The molecular formula is C21H24FN7O2. The van der Waals surface area contributed by atoms with Crippen LogP contribution < -0.4 is 10.2 Å². The van der Waals surface area contributed by atoms with Gasteiger partial charge < -0.3 is 5.32 Å². The monoisotopic (exact) mass is 425 g/mol. The second-order valence-electron chi connectivity index (χ2n) is 7.83. The van der Waals surface area contributed by atoms with E-state index in [1.165, 1.54) is 22.0 Å². The van der Waals surface area contributed by atoms with E-state index >= 15 is 0 Å². The van der Waals surface area contributed by atoms with Crippen molar-refractivity contribution in [2.45, 2.75) is 46.3 Å². The Morgan fingerprint density at radius 1 is 1.26 bits per heavy atom. The van der Waals surface area contributed by atoms with E-state index in [0.29, 0.717) is 18.5 Å². The number of halogens is 1. The average Bonchev–Trinajstić information content (AvgIpc) is 3.28. The molecule has 1 atom stereocenters. The summed E-state index contributed by atoms with van der Waals surface area (Å²) in [4.78, 5) is 31.2. The van der Waals surface area contributed by atoms with Gasteiger partial charge in [0.2, 0.25) is 5.82 Å².